The molecule has 0 aromatic carbocycles. The zero-order valence-electron chi connectivity index (χ0n) is 10.1. The van der Waals surface area contributed by atoms with Crippen LogP contribution in [0.15, 0.2) is 23.6 Å². The van der Waals surface area contributed by atoms with E-state index in [2.05, 4.69) is 40.6 Å². The Bertz CT molecular complexity index is 680. The van der Waals surface area contributed by atoms with Gasteiger partial charge < -0.3 is 0 Å². The molecule has 17 heavy (non-hydrogen) atoms. The first-order valence-electron chi connectivity index (χ1n) is 5.54. The Balaban J connectivity index is 2.42. The molecule has 0 radical (unpaired) electrons. The molecule has 0 atom stereocenters. The van der Waals surface area contributed by atoms with Gasteiger partial charge in [0, 0.05) is 0 Å². The van der Waals surface area contributed by atoms with Crippen molar-refractivity contribution in [3.63, 3.8) is 0 Å². The molecule has 86 valence electrons. The van der Waals surface area contributed by atoms with Gasteiger partial charge in [-0.1, -0.05) is 6.07 Å². The summed E-state index contributed by atoms with van der Waals surface area (Å²) in [5.41, 5.74) is 5.29. The third-order valence-corrected chi connectivity index (χ3v) is 3.70. The van der Waals surface area contributed by atoms with Crippen LogP contribution < -0.4 is 0 Å². The summed E-state index contributed by atoms with van der Waals surface area (Å²) < 4.78 is 1.96. The van der Waals surface area contributed by atoms with Gasteiger partial charge in [-0.25, -0.2) is 9.50 Å². The van der Waals surface area contributed by atoms with Gasteiger partial charge in [0.05, 0.1) is 16.3 Å². The van der Waals surface area contributed by atoms with Crippen molar-refractivity contribution < 1.29 is 0 Å². The van der Waals surface area contributed by atoms with E-state index in [-0.39, 0.29) is 0 Å². The molecule has 3 rings (SSSR count). The largest absolute Gasteiger partial charge is 0.231 e. The summed E-state index contributed by atoms with van der Waals surface area (Å²) in [6, 6.07) is 6.24. The van der Waals surface area contributed by atoms with Crippen molar-refractivity contribution in [2.75, 3.05) is 0 Å². The summed E-state index contributed by atoms with van der Waals surface area (Å²) in [6.45, 7) is 6.13. The zero-order valence-corrected chi connectivity index (χ0v) is 10.9. The summed E-state index contributed by atoms with van der Waals surface area (Å²) in [4.78, 5) is 5.83. The van der Waals surface area contributed by atoms with Gasteiger partial charge in [0.15, 0.2) is 5.65 Å². The molecule has 3 aromatic heterocycles. The molecule has 0 aliphatic heterocycles. The fourth-order valence-corrected chi connectivity index (χ4v) is 2.94. The van der Waals surface area contributed by atoms with Gasteiger partial charge in [-0.15, -0.1) is 11.3 Å². The minimum Gasteiger partial charge on any atom is -0.231 e. The monoisotopic (exact) mass is 243 g/mol. The minimum absolute atomic E-state index is 0.955. The first kappa shape index (κ1) is 10.5. The highest BCUT2D eigenvalue weighted by atomic mass is 32.1. The summed E-state index contributed by atoms with van der Waals surface area (Å²) in [5, 5.41) is 6.65. The van der Waals surface area contributed by atoms with Crippen molar-refractivity contribution in [2.45, 2.75) is 20.8 Å². The predicted octanol–water partition coefficient (Wildman–Crippen LogP) is 3.38. The van der Waals surface area contributed by atoms with E-state index in [0.717, 1.165) is 22.7 Å². The SMILES string of the molecule is Cc1cc(C)c2nc(C)c(-c3cccs3)n2n1. The van der Waals surface area contributed by atoms with Crippen molar-refractivity contribution in [3.05, 3.63) is 40.5 Å². The maximum Gasteiger partial charge on any atom is 0.157 e. The molecule has 0 aliphatic carbocycles. The number of nitrogens with zero attached hydrogens (tertiary/aromatic N) is 3. The second-order valence-corrected chi connectivity index (χ2v) is 5.17. The van der Waals surface area contributed by atoms with Crippen molar-refractivity contribution in [1.82, 2.24) is 14.6 Å². The number of aromatic nitrogens is 3. The smallest absolute Gasteiger partial charge is 0.157 e. The average Bonchev–Trinajstić information content (AvgIpc) is 2.84. The van der Waals surface area contributed by atoms with Gasteiger partial charge in [-0.3, -0.25) is 0 Å². The molecule has 3 nitrogen and oxygen atoms in total. The Labute approximate surface area is 104 Å². The van der Waals surface area contributed by atoms with E-state index in [9.17, 15) is 0 Å². The van der Waals surface area contributed by atoms with Crippen LogP contribution in [0.25, 0.3) is 16.2 Å². The maximum atomic E-state index is 4.62. The van der Waals surface area contributed by atoms with Gasteiger partial charge in [0.2, 0.25) is 0 Å². The third-order valence-electron chi connectivity index (χ3n) is 2.82. The first-order chi connectivity index (χ1) is 8.16. The number of fused-ring (bicyclic) bond motifs is 1. The lowest BCUT2D eigenvalue weighted by atomic mass is 10.3. The standard InChI is InChI=1S/C13H13N3S/c1-8-7-9(2)15-16-12(10(3)14-13(8)16)11-5-4-6-17-11/h4-7H,1-3H3. The summed E-state index contributed by atoms with van der Waals surface area (Å²) >= 11 is 1.72. The number of hydrogen-bond donors (Lipinski definition) is 0. The maximum absolute atomic E-state index is 4.62. The highest BCUT2D eigenvalue weighted by molar-refractivity contribution is 7.13. The molecule has 0 spiro atoms. The van der Waals surface area contributed by atoms with Crippen molar-refractivity contribution in [1.29, 1.82) is 0 Å². The lowest BCUT2D eigenvalue weighted by Gasteiger charge is -2.02. The van der Waals surface area contributed by atoms with Crippen molar-refractivity contribution >= 4 is 17.0 Å². The number of aryl methyl sites for hydroxylation is 3. The second-order valence-electron chi connectivity index (χ2n) is 4.23. The highest BCUT2D eigenvalue weighted by Crippen LogP contribution is 2.28. The van der Waals surface area contributed by atoms with Crippen LogP contribution in [-0.2, 0) is 0 Å². The molecule has 4 heteroatoms. The fourth-order valence-electron chi connectivity index (χ4n) is 2.13. The van der Waals surface area contributed by atoms with Crippen molar-refractivity contribution in [3.8, 4) is 10.6 Å². The average molecular weight is 243 g/mol. The molecular formula is C13H13N3S. The van der Waals surface area contributed by atoms with Gasteiger partial charge in [-0.05, 0) is 43.8 Å². The van der Waals surface area contributed by atoms with Gasteiger partial charge >= 0.3 is 0 Å². The van der Waals surface area contributed by atoms with E-state index in [1.54, 1.807) is 11.3 Å². The molecule has 0 saturated carbocycles. The molecule has 0 bridgehead atoms. The molecule has 3 heterocycles. The zero-order chi connectivity index (χ0) is 12.0. The molecule has 0 amide bonds. The van der Waals surface area contributed by atoms with Crippen LogP contribution in [-0.4, -0.2) is 14.6 Å². The van der Waals surface area contributed by atoms with Gasteiger partial charge in [0.1, 0.15) is 5.69 Å². The van der Waals surface area contributed by atoms with Crippen LogP contribution >= 0.6 is 11.3 Å². The lowest BCUT2D eigenvalue weighted by molar-refractivity contribution is 0.900. The number of thiophene rings is 1. The predicted molar refractivity (Wildman–Crippen MR) is 70.5 cm³/mol. The van der Waals surface area contributed by atoms with Crippen LogP contribution in [0.1, 0.15) is 17.0 Å². The van der Waals surface area contributed by atoms with E-state index in [4.69, 9.17) is 0 Å². The Hall–Kier alpha value is -1.68. The summed E-state index contributed by atoms with van der Waals surface area (Å²) in [6.07, 6.45) is 0. The lowest BCUT2D eigenvalue weighted by Crippen LogP contribution is -1.98. The van der Waals surface area contributed by atoms with E-state index in [1.807, 2.05) is 18.4 Å². The molecule has 0 aliphatic rings. The molecule has 0 unspecified atom stereocenters. The second kappa shape index (κ2) is 3.67. The molecule has 0 saturated heterocycles. The van der Waals surface area contributed by atoms with Gasteiger partial charge in [-0.2, -0.15) is 5.10 Å². The summed E-state index contributed by atoms with van der Waals surface area (Å²) in [7, 11) is 0. The summed E-state index contributed by atoms with van der Waals surface area (Å²) in [5.74, 6) is 0. The van der Waals surface area contributed by atoms with Crippen LogP contribution in [0.4, 0.5) is 0 Å². The van der Waals surface area contributed by atoms with E-state index >= 15 is 0 Å². The Morgan fingerprint density at radius 1 is 1.24 bits per heavy atom. The van der Waals surface area contributed by atoms with Gasteiger partial charge in [0.25, 0.3) is 0 Å². The molecule has 0 fully saturated rings. The van der Waals surface area contributed by atoms with Crippen LogP contribution in [0, 0.1) is 20.8 Å². The van der Waals surface area contributed by atoms with E-state index in [0.29, 0.717) is 0 Å². The minimum atomic E-state index is 0.955. The third kappa shape index (κ3) is 1.56. The molecule has 0 N–H and O–H groups in total. The number of hydrogen-bond acceptors (Lipinski definition) is 3. The highest BCUT2D eigenvalue weighted by Gasteiger charge is 2.14. The Morgan fingerprint density at radius 2 is 2.06 bits per heavy atom. The van der Waals surface area contributed by atoms with E-state index < -0.39 is 0 Å². The quantitative estimate of drug-likeness (QED) is 0.656. The first-order valence-corrected chi connectivity index (χ1v) is 6.42. The van der Waals surface area contributed by atoms with Crippen molar-refractivity contribution in [2.24, 2.45) is 0 Å². The normalized spacial score (nSPS) is 11.2. The topological polar surface area (TPSA) is 30.2 Å². The number of imidazole rings is 1. The molecular weight excluding hydrogens is 230 g/mol. The van der Waals surface area contributed by atoms with Crippen LogP contribution in [0.2, 0.25) is 0 Å². The van der Waals surface area contributed by atoms with Crippen LogP contribution in [0.3, 0.4) is 0 Å². The van der Waals surface area contributed by atoms with Crippen LogP contribution in [0.5, 0.6) is 0 Å². The number of rotatable bonds is 1. The Morgan fingerprint density at radius 3 is 2.76 bits per heavy atom. The fraction of sp³-hybridized carbons (Fsp3) is 0.231. The van der Waals surface area contributed by atoms with E-state index in [1.165, 1.54) is 10.4 Å². The molecule has 3 aromatic rings. The Kier molecular flexibility index (Phi) is 2.26.